The van der Waals surface area contributed by atoms with E-state index in [1.165, 1.54) is 12.1 Å². The molecule has 0 aromatic heterocycles. The Labute approximate surface area is 176 Å². The number of nitrogens with one attached hydrogen (secondary N) is 2. The van der Waals surface area contributed by atoms with Crippen molar-refractivity contribution in [2.24, 2.45) is 10.9 Å². The maximum Gasteiger partial charge on any atom is 0.416 e. The van der Waals surface area contributed by atoms with Gasteiger partial charge in [-0.05, 0) is 30.0 Å². The molecule has 1 saturated heterocycles. The maximum absolute atomic E-state index is 13.6. The summed E-state index contributed by atoms with van der Waals surface area (Å²) in [5.41, 5.74) is 0.123. The molecule has 1 aromatic carbocycles. The fourth-order valence-electron chi connectivity index (χ4n) is 3.10. The van der Waals surface area contributed by atoms with Crippen molar-refractivity contribution in [1.29, 1.82) is 0 Å². The van der Waals surface area contributed by atoms with Crippen LogP contribution in [0.3, 0.4) is 0 Å². The number of anilines is 1. The van der Waals surface area contributed by atoms with Crippen molar-refractivity contribution < 1.29 is 22.6 Å². The first-order valence-electron chi connectivity index (χ1n) is 10.4. The van der Waals surface area contributed by atoms with E-state index < -0.39 is 11.7 Å². The molecule has 0 unspecified atom stereocenters. The van der Waals surface area contributed by atoms with E-state index in [0.717, 1.165) is 6.42 Å². The van der Waals surface area contributed by atoms with Gasteiger partial charge in [0.15, 0.2) is 5.96 Å². The fourth-order valence-corrected chi connectivity index (χ4v) is 3.10. The van der Waals surface area contributed by atoms with Gasteiger partial charge in [-0.25, -0.2) is 0 Å². The quantitative estimate of drug-likeness (QED) is 0.358. The van der Waals surface area contributed by atoms with E-state index in [0.29, 0.717) is 63.6 Å². The lowest BCUT2D eigenvalue weighted by molar-refractivity contribution is -0.138. The van der Waals surface area contributed by atoms with Crippen LogP contribution in [0.4, 0.5) is 18.9 Å². The normalized spacial score (nSPS) is 15.6. The average molecular weight is 431 g/mol. The molecule has 0 saturated carbocycles. The standard InChI is InChI=1S/C21H33F3N4O2/c1-16(2)15-30-10-4-7-26-20(25-3)27-14-17-5-6-18(13-19(17)21(22,23)24)28-8-11-29-12-9-28/h5-6,13,16H,4,7-12,14-15H2,1-3H3,(H2,25,26,27). The summed E-state index contributed by atoms with van der Waals surface area (Å²) in [7, 11) is 1.59. The van der Waals surface area contributed by atoms with Gasteiger partial charge in [0.2, 0.25) is 0 Å². The highest BCUT2D eigenvalue weighted by Gasteiger charge is 2.34. The first-order valence-corrected chi connectivity index (χ1v) is 10.4. The highest BCUT2D eigenvalue weighted by atomic mass is 19.4. The van der Waals surface area contributed by atoms with Gasteiger partial charge in [-0.15, -0.1) is 0 Å². The topological polar surface area (TPSA) is 58.1 Å². The lowest BCUT2D eigenvalue weighted by atomic mass is 10.0. The number of hydrogen-bond acceptors (Lipinski definition) is 4. The van der Waals surface area contributed by atoms with E-state index in [4.69, 9.17) is 9.47 Å². The lowest BCUT2D eigenvalue weighted by Crippen LogP contribution is -2.38. The molecule has 1 fully saturated rings. The van der Waals surface area contributed by atoms with Crippen molar-refractivity contribution in [2.45, 2.75) is 33.0 Å². The molecule has 2 rings (SSSR count). The molecular weight excluding hydrogens is 397 g/mol. The number of rotatable bonds is 9. The Morgan fingerprint density at radius 2 is 1.97 bits per heavy atom. The van der Waals surface area contributed by atoms with Crippen LogP contribution in [0.2, 0.25) is 0 Å². The summed E-state index contributed by atoms with van der Waals surface area (Å²) in [6, 6.07) is 4.50. The van der Waals surface area contributed by atoms with E-state index in [1.54, 1.807) is 13.1 Å². The second-order valence-corrected chi connectivity index (χ2v) is 7.61. The van der Waals surface area contributed by atoms with Gasteiger partial charge < -0.3 is 25.0 Å². The predicted octanol–water partition coefficient (Wildman–Crippen LogP) is 3.27. The average Bonchev–Trinajstić information content (AvgIpc) is 2.72. The van der Waals surface area contributed by atoms with Crippen molar-refractivity contribution in [1.82, 2.24) is 10.6 Å². The Hall–Kier alpha value is -2.00. The summed E-state index contributed by atoms with van der Waals surface area (Å²) in [4.78, 5) is 6.00. The molecule has 6 nitrogen and oxygen atoms in total. The predicted molar refractivity (Wildman–Crippen MR) is 113 cm³/mol. The number of halogens is 3. The summed E-state index contributed by atoms with van der Waals surface area (Å²) in [5, 5.41) is 6.08. The summed E-state index contributed by atoms with van der Waals surface area (Å²) in [5.74, 6) is 0.953. The molecule has 1 aromatic rings. The number of alkyl halides is 3. The zero-order valence-electron chi connectivity index (χ0n) is 18.0. The molecule has 170 valence electrons. The van der Waals surface area contributed by atoms with Gasteiger partial charge in [-0.3, -0.25) is 4.99 Å². The number of nitrogens with zero attached hydrogens (tertiary/aromatic N) is 2. The van der Waals surface area contributed by atoms with Crippen LogP contribution in [0.5, 0.6) is 0 Å². The molecule has 30 heavy (non-hydrogen) atoms. The van der Waals surface area contributed by atoms with Crippen molar-refractivity contribution in [3.63, 3.8) is 0 Å². The minimum atomic E-state index is -4.43. The lowest BCUT2D eigenvalue weighted by Gasteiger charge is -2.29. The molecule has 0 radical (unpaired) electrons. The molecule has 0 atom stereocenters. The number of aliphatic imine (C=N–C) groups is 1. The van der Waals surface area contributed by atoms with Gasteiger partial charge >= 0.3 is 6.18 Å². The van der Waals surface area contributed by atoms with Gasteiger partial charge in [-0.1, -0.05) is 19.9 Å². The molecule has 1 aliphatic rings. The number of ether oxygens (including phenoxy) is 2. The van der Waals surface area contributed by atoms with Crippen molar-refractivity contribution in [3.8, 4) is 0 Å². The number of guanidine groups is 1. The van der Waals surface area contributed by atoms with Gasteiger partial charge in [0.25, 0.3) is 0 Å². The Morgan fingerprint density at radius 3 is 2.60 bits per heavy atom. The summed E-state index contributed by atoms with van der Waals surface area (Å²) in [6.07, 6.45) is -3.64. The minimum absolute atomic E-state index is 0.0295. The van der Waals surface area contributed by atoms with E-state index in [2.05, 4.69) is 29.5 Å². The number of morpholine rings is 1. The number of hydrogen-bond donors (Lipinski definition) is 2. The van der Waals surface area contributed by atoms with Gasteiger partial charge in [0.1, 0.15) is 0 Å². The zero-order valence-corrected chi connectivity index (χ0v) is 18.0. The Bertz CT molecular complexity index is 675. The highest BCUT2D eigenvalue weighted by Crippen LogP contribution is 2.35. The maximum atomic E-state index is 13.6. The molecule has 9 heteroatoms. The SMILES string of the molecule is CN=C(NCCCOCC(C)C)NCc1ccc(N2CCOCC2)cc1C(F)(F)F. The first-order chi connectivity index (χ1) is 14.3. The smallest absolute Gasteiger partial charge is 0.381 e. The molecule has 0 bridgehead atoms. The van der Waals surface area contributed by atoms with Crippen LogP contribution in [0.25, 0.3) is 0 Å². The molecule has 0 spiro atoms. The minimum Gasteiger partial charge on any atom is -0.381 e. The van der Waals surface area contributed by atoms with Crippen molar-refractivity contribution >= 4 is 11.6 Å². The molecule has 2 N–H and O–H groups in total. The second kappa shape index (κ2) is 12.0. The molecule has 0 aliphatic carbocycles. The van der Waals surface area contributed by atoms with Crippen LogP contribution in [-0.2, 0) is 22.2 Å². The van der Waals surface area contributed by atoms with Crippen LogP contribution in [0, 0.1) is 5.92 Å². The molecule has 1 heterocycles. The second-order valence-electron chi connectivity index (χ2n) is 7.61. The molecular formula is C21H33F3N4O2. The van der Waals surface area contributed by atoms with E-state index >= 15 is 0 Å². The molecule has 0 amide bonds. The van der Waals surface area contributed by atoms with Gasteiger partial charge in [0, 0.05) is 52.1 Å². The zero-order chi connectivity index (χ0) is 22.0. The van der Waals surface area contributed by atoms with E-state index in [9.17, 15) is 13.2 Å². The van der Waals surface area contributed by atoms with Crippen LogP contribution >= 0.6 is 0 Å². The molecule has 1 aliphatic heterocycles. The Morgan fingerprint density at radius 1 is 1.23 bits per heavy atom. The van der Waals surface area contributed by atoms with Crippen LogP contribution in [-0.4, -0.2) is 59.1 Å². The third kappa shape index (κ3) is 8.02. The van der Waals surface area contributed by atoms with Gasteiger partial charge in [0.05, 0.1) is 18.8 Å². The number of benzene rings is 1. The first kappa shape index (κ1) is 24.3. The Kier molecular flexibility index (Phi) is 9.71. The largest absolute Gasteiger partial charge is 0.416 e. The van der Waals surface area contributed by atoms with Crippen molar-refractivity contribution in [2.75, 3.05) is 58.0 Å². The summed E-state index contributed by atoms with van der Waals surface area (Å²) >= 11 is 0. The van der Waals surface area contributed by atoms with Crippen LogP contribution in [0.1, 0.15) is 31.4 Å². The third-order valence-electron chi connectivity index (χ3n) is 4.65. The van der Waals surface area contributed by atoms with Crippen LogP contribution in [0.15, 0.2) is 23.2 Å². The van der Waals surface area contributed by atoms with Gasteiger partial charge in [-0.2, -0.15) is 13.2 Å². The van der Waals surface area contributed by atoms with E-state index in [1.807, 2.05) is 4.90 Å². The Balaban J connectivity index is 1.92. The fraction of sp³-hybridized carbons (Fsp3) is 0.667. The van der Waals surface area contributed by atoms with Crippen LogP contribution < -0.4 is 15.5 Å². The summed E-state index contributed by atoms with van der Waals surface area (Å²) < 4.78 is 51.7. The summed E-state index contributed by atoms with van der Waals surface area (Å²) in [6.45, 7) is 8.40. The highest BCUT2D eigenvalue weighted by molar-refractivity contribution is 5.79. The monoisotopic (exact) mass is 430 g/mol. The van der Waals surface area contributed by atoms with Crippen molar-refractivity contribution in [3.05, 3.63) is 29.3 Å². The third-order valence-corrected chi connectivity index (χ3v) is 4.65. The van der Waals surface area contributed by atoms with E-state index in [-0.39, 0.29) is 12.1 Å².